The zero-order valence-electron chi connectivity index (χ0n) is 9.04. The summed E-state index contributed by atoms with van der Waals surface area (Å²) >= 11 is 3.35. The summed E-state index contributed by atoms with van der Waals surface area (Å²) in [5.74, 6) is 0.707. The molecule has 0 fully saturated rings. The van der Waals surface area contributed by atoms with Crippen LogP contribution in [0.2, 0.25) is 0 Å². The number of hydrogen-bond donors (Lipinski definition) is 2. The molecule has 0 aliphatic heterocycles. The molecule has 0 radical (unpaired) electrons. The van der Waals surface area contributed by atoms with E-state index in [9.17, 15) is 10.2 Å². The van der Waals surface area contributed by atoms with Crippen LogP contribution in [0, 0.1) is 0 Å². The highest BCUT2D eigenvalue weighted by atomic mass is 79.9. The van der Waals surface area contributed by atoms with Gasteiger partial charge in [0.15, 0.2) is 0 Å². The third-order valence-corrected chi connectivity index (χ3v) is 3.01. The lowest BCUT2D eigenvalue weighted by Crippen LogP contribution is -2.22. The zero-order chi connectivity index (χ0) is 11.6. The number of ether oxygens (including phenoxy) is 1. The minimum absolute atomic E-state index is 0.0284. The molecule has 84 valence electrons. The summed E-state index contributed by atoms with van der Waals surface area (Å²) in [4.78, 5) is 0. The van der Waals surface area contributed by atoms with Gasteiger partial charge in [-0.15, -0.1) is 0 Å². The van der Waals surface area contributed by atoms with Crippen LogP contribution in [0.4, 0.5) is 0 Å². The number of aliphatic hydroxyl groups excluding tert-OH is 1. The third-order valence-electron chi connectivity index (χ3n) is 2.39. The number of halogens is 1. The average Bonchev–Trinajstić information content (AvgIpc) is 2.20. The molecule has 0 saturated carbocycles. The minimum Gasteiger partial charge on any atom is -0.508 e. The number of rotatable bonds is 3. The lowest BCUT2D eigenvalue weighted by atomic mass is 9.85. The normalized spacial score (nSPS) is 11.5. The van der Waals surface area contributed by atoms with Gasteiger partial charge in [0.05, 0.1) is 18.2 Å². The summed E-state index contributed by atoms with van der Waals surface area (Å²) in [5.41, 5.74) is 0.219. The number of phenolic OH excluding ortho intramolecular Hbond substituents is 1. The van der Waals surface area contributed by atoms with E-state index in [1.54, 1.807) is 6.07 Å². The summed E-state index contributed by atoms with van der Waals surface area (Å²) in [6, 6.07) is 3.31. The molecule has 0 unspecified atom stereocenters. The Morgan fingerprint density at radius 3 is 2.47 bits per heavy atom. The topological polar surface area (TPSA) is 49.7 Å². The van der Waals surface area contributed by atoms with Crippen molar-refractivity contribution in [3.05, 3.63) is 22.2 Å². The van der Waals surface area contributed by atoms with E-state index in [-0.39, 0.29) is 12.4 Å². The highest BCUT2D eigenvalue weighted by Crippen LogP contribution is 2.38. The largest absolute Gasteiger partial charge is 0.508 e. The van der Waals surface area contributed by atoms with Gasteiger partial charge in [0.1, 0.15) is 11.5 Å². The predicted octanol–water partition coefficient (Wildman–Crippen LogP) is 2.43. The molecule has 1 aromatic carbocycles. The Bertz CT molecular complexity index is 361. The van der Waals surface area contributed by atoms with Crippen LogP contribution >= 0.6 is 15.9 Å². The Balaban J connectivity index is 3.28. The fourth-order valence-corrected chi connectivity index (χ4v) is 1.83. The first-order valence-corrected chi connectivity index (χ1v) is 5.39. The number of aromatic hydroxyl groups is 1. The van der Waals surface area contributed by atoms with Crippen LogP contribution in [-0.4, -0.2) is 23.9 Å². The average molecular weight is 275 g/mol. The van der Waals surface area contributed by atoms with E-state index in [0.717, 1.165) is 4.47 Å². The van der Waals surface area contributed by atoms with Crippen molar-refractivity contribution in [3.63, 3.8) is 0 Å². The van der Waals surface area contributed by atoms with Crippen LogP contribution < -0.4 is 4.74 Å². The monoisotopic (exact) mass is 274 g/mol. The maximum absolute atomic E-state index is 9.80. The van der Waals surface area contributed by atoms with Crippen LogP contribution in [0.25, 0.3) is 0 Å². The SMILES string of the molecule is COc1cc(O)c(C(C)(C)CO)cc1Br. The first-order chi connectivity index (χ1) is 6.92. The predicted molar refractivity (Wildman–Crippen MR) is 62.5 cm³/mol. The van der Waals surface area contributed by atoms with Gasteiger partial charge in [-0.05, 0) is 22.0 Å². The van der Waals surface area contributed by atoms with Gasteiger partial charge < -0.3 is 14.9 Å². The number of hydrogen-bond acceptors (Lipinski definition) is 3. The van der Waals surface area contributed by atoms with E-state index in [1.165, 1.54) is 13.2 Å². The number of methoxy groups -OCH3 is 1. The summed E-state index contributed by atoms with van der Waals surface area (Å²) in [7, 11) is 1.54. The molecule has 0 aromatic heterocycles. The summed E-state index contributed by atoms with van der Waals surface area (Å²) in [5, 5.41) is 19.0. The van der Waals surface area contributed by atoms with Crippen molar-refractivity contribution >= 4 is 15.9 Å². The molecule has 0 bridgehead atoms. The quantitative estimate of drug-likeness (QED) is 0.890. The summed E-state index contributed by atoms with van der Waals surface area (Å²) in [6.07, 6.45) is 0. The van der Waals surface area contributed by atoms with Crippen molar-refractivity contribution in [1.29, 1.82) is 0 Å². The second-order valence-electron chi connectivity index (χ2n) is 4.05. The number of phenols is 1. The van der Waals surface area contributed by atoms with Crippen molar-refractivity contribution in [2.24, 2.45) is 0 Å². The lowest BCUT2D eigenvalue weighted by Gasteiger charge is -2.24. The molecule has 0 aliphatic rings. The molecule has 0 amide bonds. The Hall–Kier alpha value is -0.740. The van der Waals surface area contributed by atoms with Crippen LogP contribution in [0.15, 0.2) is 16.6 Å². The number of aliphatic hydroxyl groups is 1. The lowest BCUT2D eigenvalue weighted by molar-refractivity contribution is 0.215. The van der Waals surface area contributed by atoms with Gasteiger partial charge in [-0.3, -0.25) is 0 Å². The Kier molecular flexibility index (Phi) is 3.62. The van der Waals surface area contributed by atoms with Crippen LogP contribution in [-0.2, 0) is 5.41 Å². The van der Waals surface area contributed by atoms with E-state index in [4.69, 9.17) is 4.74 Å². The van der Waals surface area contributed by atoms with Gasteiger partial charge in [-0.25, -0.2) is 0 Å². The molecule has 1 rings (SSSR count). The maximum atomic E-state index is 9.80. The molecule has 1 aromatic rings. The highest BCUT2D eigenvalue weighted by molar-refractivity contribution is 9.10. The van der Waals surface area contributed by atoms with Crippen LogP contribution in [0.1, 0.15) is 19.4 Å². The third kappa shape index (κ3) is 2.44. The van der Waals surface area contributed by atoms with Gasteiger partial charge in [0, 0.05) is 17.0 Å². The Morgan fingerprint density at radius 2 is 2.00 bits per heavy atom. The molecule has 0 heterocycles. The van der Waals surface area contributed by atoms with Crippen LogP contribution in [0.5, 0.6) is 11.5 Å². The minimum atomic E-state index is -0.473. The van der Waals surface area contributed by atoms with Gasteiger partial charge >= 0.3 is 0 Å². The van der Waals surface area contributed by atoms with E-state index in [0.29, 0.717) is 11.3 Å². The molecule has 0 spiro atoms. The molecule has 3 nitrogen and oxygen atoms in total. The molecular weight excluding hydrogens is 260 g/mol. The van der Waals surface area contributed by atoms with E-state index in [2.05, 4.69) is 15.9 Å². The van der Waals surface area contributed by atoms with E-state index >= 15 is 0 Å². The molecular formula is C11H15BrO3. The van der Waals surface area contributed by atoms with Crippen molar-refractivity contribution < 1.29 is 14.9 Å². The van der Waals surface area contributed by atoms with E-state index in [1.807, 2.05) is 13.8 Å². The Labute approximate surface area is 97.8 Å². The molecule has 4 heteroatoms. The standard InChI is InChI=1S/C11H15BrO3/c1-11(2,6-13)7-4-8(12)10(15-3)5-9(7)14/h4-5,13-14H,6H2,1-3H3. The van der Waals surface area contributed by atoms with Crippen LogP contribution in [0.3, 0.4) is 0 Å². The van der Waals surface area contributed by atoms with Gasteiger partial charge in [0.25, 0.3) is 0 Å². The smallest absolute Gasteiger partial charge is 0.136 e. The molecule has 2 N–H and O–H groups in total. The molecule has 0 saturated heterocycles. The zero-order valence-corrected chi connectivity index (χ0v) is 10.6. The van der Waals surface area contributed by atoms with Crippen molar-refractivity contribution in [2.75, 3.05) is 13.7 Å². The first-order valence-electron chi connectivity index (χ1n) is 4.60. The summed E-state index contributed by atoms with van der Waals surface area (Å²) in [6.45, 7) is 3.70. The molecule has 0 aliphatic carbocycles. The second-order valence-corrected chi connectivity index (χ2v) is 4.90. The number of benzene rings is 1. The second kappa shape index (κ2) is 4.41. The van der Waals surface area contributed by atoms with Crippen molar-refractivity contribution in [1.82, 2.24) is 0 Å². The highest BCUT2D eigenvalue weighted by Gasteiger charge is 2.24. The Morgan fingerprint density at radius 1 is 1.40 bits per heavy atom. The van der Waals surface area contributed by atoms with Gasteiger partial charge in [0.2, 0.25) is 0 Å². The van der Waals surface area contributed by atoms with E-state index < -0.39 is 5.41 Å². The van der Waals surface area contributed by atoms with Crippen molar-refractivity contribution in [3.8, 4) is 11.5 Å². The summed E-state index contributed by atoms with van der Waals surface area (Å²) < 4.78 is 5.82. The fourth-order valence-electron chi connectivity index (χ4n) is 1.33. The maximum Gasteiger partial charge on any atom is 0.136 e. The fraction of sp³-hybridized carbons (Fsp3) is 0.455. The molecule has 0 atom stereocenters. The van der Waals surface area contributed by atoms with Crippen molar-refractivity contribution in [2.45, 2.75) is 19.3 Å². The van der Waals surface area contributed by atoms with Gasteiger partial charge in [-0.2, -0.15) is 0 Å². The van der Waals surface area contributed by atoms with Gasteiger partial charge in [-0.1, -0.05) is 13.8 Å². The first kappa shape index (κ1) is 12.3. The molecule has 15 heavy (non-hydrogen) atoms.